The molecular formula is C23H23FN2O6S. The zero-order valence-corrected chi connectivity index (χ0v) is 19.0. The number of sulfonamides is 1. The Morgan fingerprint density at radius 2 is 1.70 bits per heavy atom. The molecule has 0 heterocycles. The molecule has 0 aliphatic rings. The number of carbonyl (C=O) groups is 1. The van der Waals surface area contributed by atoms with E-state index in [1.54, 1.807) is 13.0 Å². The predicted molar refractivity (Wildman–Crippen MR) is 122 cm³/mol. The number of amides is 1. The number of rotatable bonds is 9. The minimum absolute atomic E-state index is 0.0784. The van der Waals surface area contributed by atoms with Crippen LogP contribution in [0.3, 0.4) is 0 Å². The van der Waals surface area contributed by atoms with Crippen LogP contribution in [0.15, 0.2) is 65.6 Å². The minimum Gasteiger partial charge on any atom is -0.497 e. The first-order chi connectivity index (χ1) is 15.8. The zero-order valence-electron chi connectivity index (χ0n) is 18.2. The van der Waals surface area contributed by atoms with Gasteiger partial charge in [-0.3, -0.25) is 9.52 Å². The highest BCUT2D eigenvalue weighted by atomic mass is 32.2. The molecule has 10 heteroatoms. The first-order valence-corrected chi connectivity index (χ1v) is 11.3. The fraction of sp³-hybridized carbons (Fsp3) is 0.174. The van der Waals surface area contributed by atoms with Gasteiger partial charge in [0.1, 0.15) is 23.1 Å². The van der Waals surface area contributed by atoms with Gasteiger partial charge in [-0.05, 0) is 49.4 Å². The second kappa shape index (κ2) is 10.2. The first kappa shape index (κ1) is 23.9. The van der Waals surface area contributed by atoms with Gasteiger partial charge in [-0.25, -0.2) is 12.8 Å². The number of methoxy groups -OCH3 is 2. The van der Waals surface area contributed by atoms with Crippen LogP contribution in [0.1, 0.15) is 17.3 Å². The Kier molecular flexibility index (Phi) is 7.39. The van der Waals surface area contributed by atoms with Crippen LogP contribution in [-0.4, -0.2) is 35.2 Å². The number of ether oxygens (including phenoxy) is 3. The van der Waals surface area contributed by atoms with E-state index in [1.807, 2.05) is 0 Å². The van der Waals surface area contributed by atoms with Gasteiger partial charge >= 0.3 is 0 Å². The molecule has 0 saturated heterocycles. The number of benzene rings is 3. The average molecular weight is 475 g/mol. The molecule has 0 unspecified atom stereocenters. The van der Waals surface area contributed by atoms with Crippen molar-refractivity contribution in [3.05, 3.63) is 72.0 Å². The van der Waals surface area contributed by atoms with Gasteiger partial charge in [-0.15, -0.1) is 0 Å². The van der Waals surface area contributed by atoms with Gasteiger partial charge in [-0.2, -0.15) is 0 Å². The van der Waals surface area contributed by atoms with Crippen LogP contribution in [0.4, 0.5) is 15.8 Å². The molecule has 33 heavy (non-hydrogen) atoms. The molecular weight excluding hydrogens is 451 g/mol. The molecule has 1 amide bonds. The molecule has 0 fully saturated rings. The molecule has 8 nitrogen and oxygen atoms in total. The van der Waals surface area contributed by atoms with E-state index in [-0.39, 0.29) is 39.9 Å². The molecule has 0 spiro atoms. The highest BCUT2D eigenvalue weighted by Crippen LogP contribution is 2.33. The number of halogens is 1. The van der Waals surface area contributed by atoms with E-state index in [0.29, 0.717) is 5.75 Å². The molecule has 0 radical (unpaired) electrons. The maximum Gasteiger partial charge on any atom is 0.262 e. The topological polar surface area (TPSA) is 103 Å². The van der Waals surface area contributed by atoms with E-state index in [9.17, 15) is 17.6 Å². The third kappa shape index (κ3) is 5.53. The Labute approximate surface area is 191 Å². The van der Waals surface area contributed by atoms with Crippen molar-refractivity contribution in [2.75, 3.05) is 30.9 Å². The maximum atomic E-state index is 14.0. The normalized spacial score (nSPS) is 10.9. The average Bonchev–Trinajstić information content (AvgIpc) is 2.80. The lowest BCUT2D eigenvalue weighted by Crippen LogP contribution is -2.17. The van der Waals surface area contributed by atoms with E-state index in [0.717, 1.165) is 6.07 Å². The molecule has 0 atom stereocenters. The predicted octanol–water partition coefficient (Wildman–Crippen LogP) is 4.29. The van der Waals surface area contributed by atoms with Gasteiger partial charge in [0, 0.05) is 6.07 Å². The quantitative estimate of drug-likeness (QED) is 0.480. The minimum atomic E-state index is -4.08. The number of nitrogens with one attached hydrogen (secondary N) is 2. The van der Waals surface area contributed by atoms with Crippen LogP contribution < -0.4 is 24.2 Å². The van der Waals surface area contributed by atoms with E-state index in [2.05, 4.69) is 10.0 Å². The van der Waals surface area contributed by atoms with Crippen LogP contribution in [0.2, 0.25) is 0 Å². The summed E-state index contributed by atoms with van der Waals surface area (Å²) in [6.45, 7) is 2.01. The van der Waals surface area contributed by atoms with E-state index >= 15 is 0 Å². The second-order valence-corrected chi connectivity index (χ2v) is 8.38. The van der Waals surface area contributed by atoms with Crippen LogP contribution in [0.25, 0.3) is 0 Å². The molecule has 0 aliphatic carbocycles. The van der Waals surface area contributed by atoms with Crippen molar-refractivity contribution >= 4 is 27.3 Å². The largest absolute Gasteiger partial charge is 0.497 e. The van der Waals surface area contributed by atoms with Crippen LogP contribution in [0.5, 0.6) is 17.2 Å². The van der Waals surface area contributed by atoms with Crippen molar-refractivity contribution in [3.8, 4) is 17.2 Å². The SMILES string of the molecule is CCOc1ccc(S(=O)(=O)Nc2ccc(OC)cc2OC)cc1NC(=O)c1ccccc1F. The monoisotopic (exact) mass is 474 g/mol. The molecule has 0 aromatic heterocycles. The van der Waals surface area contributed by atoms with E-state index < -0.39 is 21.7 Å². The molecule has 0 bridgehead atoms. The Bertz CT molecular complexity index is 1260. The zero-order chi connectivity index (χ0) is 24.0. The second-order valence-electron chi connectivity index (χ2n) is 6.70. The third-order valence-electron chi connectivity index (χ3n) is 4.58. The Morgan fingerprint density at radius 3 is 2.36 bits per heavy atom. The van der Waals surface area contributed by atoms with Gasteiger partial charge in [0.15, 0.2) is 0 Å². The smallest absolute Gasteiger partial charge is 0.262 e. The van der Waals surface area contributed by atoms with Crippen molar-refractivity contribution in [1.29, 1.82) is 0 Å². The molecule has 2 N–H and O–H groups in total. The molecule has 0 aliphatic heterocycles. The lowest BCUT2D eigenvalue weighted by molar-refractivity contribution is 0.102. The summed E-state index contributed by atoms with van der Waals surface area (Å²) in [6, 6.07) is 14.1. The van der Waals surface area contributed by atoms with Gasteiger partial charge in [0.2, 0.25) is 0 Å². The highest BCUT2D eigenvalue weighted by Gasteiger charge is 2.21. The van der Waals surface area contributed by atoms with Crippen molar-refractivity contribution in [2.45, 2.75) is 11.8 Å². The summed E-state index contributed by atoms with van der Waals surface area (Å²) in [7, 11) is -1.20. The fourth-order valence-corrected chi connectivity index (χ4v) is 4.07. The Hall–Kier alpha value is -3.79. The summed E-state index contributed by atoms with van der Waals surface area (Å²) in [5, 5.41) is 2.53. The van der Waals surface area contributed by atoms with Crippen LogP contribution >= 0.6 is 0 Å². The van der Waals surface area contributed by atoms with Crippen molar-refractivity contribution in [1.82, 2.24) is 0 Å². The molecule has 3 rings (SSSR count). The summed E-state index contributed by atoms with van der Waals surface area (Å²) in [6.07, 6.45) is 0. The molecule has 174 valence electrons. The molecule has 3 aromatic carbocycles. The van der Waals surface area contributed by atoms with E-state index in [1.165, 1.54) is 62.8 Å². The van der Waals surface area contributed by atoms with E-state index in [4.69, 9.17) is 14.2 Å². The summed E-state index contributed by atoms with van der Waals surface area (Å²) < 4.78 is 58.4. The number of hydrogen-bond acceptors (Lipinski definition) is 6. The first-order valence-electron chi connectivity index (χ1n) is 9.86. The summed E-state index contributed by atoms with van der Waals surface area (Å²) in [5.74, 6) is -0.451. The van der Waals surface area contributed by atoms with Crippen LogP contribution in [0, 0.1) is 5.82 Å². The lowest BCUT2D eigenvalue weighted by atomic mass is 10.2. The maximum absolute atomic E-state index is 14.0. The van der Waals surface area contributed by atoms with Gasteiger partial charge < -0.3 is 19.5 Å². The lowest BCUT2D eigenvalue weighted by Gasteiger charge is -2.16. The Morgan fingerprint density at radius 1 is 0.939 bits per heavy atom. The summed E-state index contributed by atoms with van der Waals surface area (Å²) in [4.78, 5) is 12.4. The van der Waals surface area contributed by atoms with Gasteiger partial charge in [0.05, 0.1) is 42.7 Å². The third-order valence-corrected chi connectivity index (χ3v) is 5.94. The van der Waals surface area contributed by atoms with Gasteiger partial charge in [0.25, 0.3) is 15.9 Å². The van der Waals surface area contributed by atoms with Crippen molar-refractivity contribution < 1.29 is 31.8 Å². The van der Waals surface area contributed by atoms with Crippen molar-refractivity contribution in [3.63, 3.8) is 0 Å². The van der Waals surface area contributed by atoms with Gasteiger partial charge in [-0.1, -0.05) is 12.1 Å². The standard InChI is InChI=1S/C23H23FN2O6S/c1-4-32-21-12-10-16(14-20(21)25-23(27)17-7-5-6-8-18(17)24)33(28,29)26-19-11-9-15(30-2)13-22(19)31-3/h5-14,26H,4H2,1-3H3,(H,25,27). The number of carbonyl (C=O) groups excluding carboxylic acids is 1. The summed E-state index contributed by atoms with van der Waals surface area (Å²) >= 11 is 0. The number of anilines is 2. The fourth-order valence-electron chi connectivity index (χ4n) is 2.98. The summed E-state index contributed by atoms with van der Waals surface area (Å²) in [5.41, 5.74) is 0.0908. The molecule has 3 aromatic rings. The van der Waals surface area contributed by atoms with Crippen LogP contribution in [-0.2, 0) is 10.0 Å². The molecule has 0 saturated carbocycles. The number of hydrogen-bond donors (Lipinski definition) is 2. The van der Waals surface area contributed by atoms with Crippen molar-refractivity contribution in [2.24, 2.45) is 0 Å². The highest BCUT2D eigenvalue weighted by molar-refractivity contribution is 7.92. The Balaban J connectivity index is 1.95.